The Kier molecular flexibility index (Phi) is 4.69. The Labute approximate surface area is 144 Å². The molecule has 0 aliphatic rings. The third-order valence-electron chi connectivity index (χ3n) is 4.11. The van der Waals surface area contributed by atoms with Gasteiger partial charge in [0.25, 0.3) is 0 Å². The van der Waals surface area contributed by atoms with Crippen LogP contribution in [0.4, 0.5) is 0 Å². The molecule has 0 aliphatic carbocycles. The molecule has 0 fully saturated rings. The Morgan fingerprint density at radius 1 is 1.42 bits per heavy atom. The molecule has 6 heteroatoms. The van der Waals surface area contributed by atoms with Crippen LogP contribution in [0.25, 0.3) is 10.2 Å². The predicted octanol–water partition coefficient (Wildman–Crippen LogP) is 4.18. The van der Waals surface area contributed by atoms with Crippen LogP contribution in [-0.4, -0.2) is 30.0 Å². The van der Waals surface area contributed by atoms with Gasteiger partial charge in [0.05, 0.1) is 29.9 Å². The zero-order chi connectivity index (χ0) is 17.3. The van der Waals surface area contributed by atoms with Gasteiger partial charge >= 0.3 is 5.97 Å². The molecule has 126 valence electrons. The third kappa shape index (κ3) is 3.20. The minimum Gasteiger partial charge on any atom is -0.465 e. The molecule has 0 N–H and O–H groups in total. The quantitative estimate of drug-likeness (QED) is 0.650. The Hall–Kier alpha value is -2.18. The molecule has 0 radical (unpaired) electrons. The van der Waals surface area contributed by atoms with Crippen molar-refractivity contribution in [2.75, 3.05) is 14.2 Å². The maximum atomic E-state index is 11.7. The van der Waals surface area contributed by atoms with E-state index in [4.69, 9.17) is 14.1 Å². The first kappa shape index (κ1) is 16.7. The number of aromatic nitrogens is 1. The fourth-order valence-electron chi connectivity index (χ4n) is 2.57. The van der Waals surface area contributed by atoms with E-state index in [0.29, 0.717) is 17.9 Å². The number of methoxy groups -OCH3 is 1. The number of thiazole rings is 1. The number of ether oxygens (including phenoxy) is 1. The van der Waals surface area contributed by atoms with E-state index in [1.54, 1.807) is 24.3 Å². The van der Waals surface area contributed by atoms with Crippen molar-refractivity contribution < 1.29 is 13.9 Å². The monoisotopic (exact) mass is 344 g/mol. The summed E-state index contributed by atoms with van der Waals surface area (Å²) in [6, 6.07) is 10.0. The van der Waals surface area contributed by atoms with E-state index < -0.39 is 0 Å². The van der Waals surface area contributed by atoms with Crippen molar-refractivity contribution in [2.45, 2.75) is 26.4 Å². The van der Waals surface area contributed by atoms with Crippen LogP contribution in [0, 0.1) is 6.92 Å². The lowest BCUT2D eigenvalue weighted by atomic mass is 10.2. The fraction of sp³-hybridized carbons (Fsp3) is 0.333. The summed E-state index contributed by atoms with van der Waals surface area (Å²) in [7, 11) is 3.39. The second kappa shape index (κ2) is 6.75. The fourth-order valence-corrected chi connectivity index (χ4v) is 3.66. The zero-order valence-corrected chi connectivity index (χ0v) is 15.0. The summed E-state index contributed by atoms with van der Waals surface area (Å²) in [6.45, 7) is 4.48. The van der Waals surface area contributed by atoms with Crippen molar-refractivity contribution in [3.8, 4) is 0 Å². The smallest absolute Gasteiger partial charge is 0.341 e. The molecule has 0 saturated carbocycles. The van der Waals surface area contributed by atoms with Gasteiger partial charge in [-0.25, -0.2) is 9.78 Å². The second-order valence-corrected chi connectivity index (χ2v) is 6.85. The molecule has 3 aromatic rings. The van der Waals surface area contributed by atoms with Crippen LogP contribution in [0.3, 0.4) is 0 Å². The number of hydrogen-bond acceptors (Lipinski definition) is 6. The first-order valence-corrected chi connectivity index (χ1v) is 8.54. The van der Waals surface area contributed by atoms with E-state index in [-0.39, 0.29) is 12.0 Å². The summed E-state index contributed by atoms with van der Waals surface area (Å²) in [5, 5.41) is 1.06. The average molecular weight is 344 g/mol. The summed E-state index contributed by atoms with van der Waals surface area (Å²) < 4.78 is 11.6. The van der Waals surface area contributed by atoms with Crippen molar-refractivity contribution in [1.29, 1.82) is 0 Å². The highest BCUT2D eigenvalue weighted by atomic mass is 32.1. The van der Waals surface area contributed by atoms with Gasteiger partial charge < -0.3 is 9.15 Å². The second-order valence-electron chi connectivity index (χ2n) is 5.79. The van der Waals surface area contributed by atoms with Gasteiger partial charge in [0.15, 0.2) is 0 Å². The number of esters is 1. The van der Waals surface area contributed by atoms with Crippen molar-refractivity contribution in [2.24, 2.45) is 0 Å². The number of nitrogens with zero attached hydrogens (tertiary/aromatic N) is 2. The lowest BCUT2D eigenvalue weighted by molar-refractivity contribution is 0.0599. The van der Waals surface area contributed by atoms with Crippen LogP contribution in [0.5, 0.6) is 0 Å². The molecule has 5 nitrogen and oxygen atoms in total. The van der Waals surface area contributed by atoms with Gasteiger partial charge in [-0.1, -0.05) is 12.1 Å². The van der Waals surface area contributed by atoms with E-state index in [9.17, 15) is 4.79 Å². The molecule has 3 rings (SSSR count). The summed E-state index contributed by atoms with van der Waals surface area (Å²) in [5.74, 6) is 0.950. The average Bonchev–Trinajstić information content (AvgIpc) is 3.16. The SMILES string of the molecule is COC(=O)c1cc(CN(C)[C@H](C)c2nc3ccccc3s2)oc1C. The maximum absolute atomic E-state index is 11.7. The largest absolute Gasteiger partial charge is 0.465 e. The summed E-state index contributed by atoms with van der Waals surface area (Å²) in [4.78, 5) is 18.5. The molecule has 24 heavy (non-hydrogen) atoms. The van der Waals surface area contributed by atoms with Gasteiger partial charge in [0.1, 0.15) is 22.1 Å². The number of furan rings is 1. The molecule has 0 unspecified atom stereocenters. The molecule has 2 heterocycles. The molecule has 2 aromatic heterocycles. The summed E-state index contributed by atoms with van der Waals surface area (Å²) in [6.07, 6.45) is 0. The normalized spacial score (nSPS) is 12.7. The molecule has 1 aromatic carbocycles. The summed E-state index contributed by atoms with van der Waals surface area (Å²) in [5.41, 5.74) is 1.51. The predicted molar refractivity (Wildman–Crippen MR) is 94.3 cm³/mol. The van der Waals surface area contributed by atoms with Crippen molar-refractivity contribution in [3.05, 3.63) is 52.4 Å². The van der Waals surface area contributed by atoms with E-state index in [1.165, 1.54) is 11.8 Å². The van der Waals surface area contributed by atoms with E-state index in [0.717, 1.165) is 16.3 Å². The van der Waals surface area contributed by atoms with E-state index in [2.05, 4.69) is 17.9 Å². The molecular weight excluding hydrogens is 324 g/mol. The van der Waals surface area contributed by atoms with E-state index >= 15 is 0 Å². The Bertz CT molecular complexity index is 835. The van der Waals surface area contributed by atoms with Crippen LogP contribution in [0.15, 0.2) is 34.7 Å². The van der Waals surface area contributed by atoms with Crippen molar-refractivity contribution in [3.63, 3.8) is 0 Å². The van der Waals surface area contributed by atoms with Crippen LogP contribution >= 0.6 is 11.3 Å². The Morgan fingerprint density at radius 3 is 2.88 bits per heavy atom. The van der Waals surface area contributed by atoms with Gasteiger partial charge in [-0.05, 0) is 39.1 Å². The third-order valence-corrected chi connectivity index (χ3v) is 5.32. The van der Waals surface area contributed by atoms with Crippen LogP contribution in [0.2, 0.25) is 0 Å². The highest BCUT2D eigenvalue weighted by Crippen LogP contribution is 2.30. The van der Waals surface area contributed by atoms with Crippen LogP contribution in [0.1, 0.15) is 39.9 Å². The molecule has 0 bridgehead atoms. The van der Waals surface area contributed by atoms with Crippen LogP contribution < -0.4 is 0 Å². The number of rotatable bonds is 5. The first-order chi connectivity index (χ1) is 11.5. The van der Waals surface area contributed by atoms with Gasteiger partial charge in [-0.15, -0.1) is 11.3 Å². The molecular formula is C18H20N2O3S. The van der Waals surface area contributed by atoms with Crippen molar-refractivity contribution >= 4 is 27.5 Å². The Balaban J connectivity index is 1.76. The molecule has 0 spiro atoms. The van der Waals surface area contributed by atoms with Gasteiger partial charge in [0, 0.05) is 0 Å². The molecule has 0 amide bonds. The van der Waals surface area contributed by atoms with Gasteiger partial charge in [-0.2, -0.15) is 0 Å². The first-order valence-electron chi connectivity index (χ1n) is 7.73. The lowest BCUT2D eigenvalue weighted by Gasteiger charge is -2.21. The van der Waals surface area contributed by atoms with Crippen molar-refractivity contribution in [1.82, 2.24) is 9.88 Å². The maximum Gasteiger partial charge on any atom is 0.341 e. The molecule has 0 aliphatic heterocycles. The highest BCUT2D eigenvalue weighted by Gasteiger charge is 2.20. The number of hydrogen-bond donors (Lipinski definition) is 0. The number of para-hydroxylation sites is 1. The van der Waals surface area contributed by atoms with Gasteiger partial charge in [-0.3, -0.25) is 4.90 Å². The lowest BCUT2D eigenvalue weighted by Crippen LogP contribution is -2.21. The molecule has 0 saturated heterocycles. The topological polar surface area (TPSA) is 55.6 Å². The van der Waals surface area contributed by atoms with E-state index in [1.807, 2.05) is 25.2 Å². The minimum absolute atomic E-state index is 0.148. The van der Waals surface area contributed by atoms with Crippen LogP contribution in [-0.2, 0) is 11.3 Å². The number of aryl methyl sites for hydroxylation is 1. The number of carbonyl (C=O) groups excluding carboxylic acids is 1. The highest BCUT2D eigenvalue weighted by molar-refractivity contribution is 7.18. The number of benzene rings is 1. The zero-order valence-electron chi connectivity index (χ0n) is 14.2. The summed E-state index contributed by atoms with van der Waals surface area (Å²) >= 11 is 1.70. The van der Waals surface area contributed by atoms with Gasteiger partial charge in [0.2, 0.25) is 0 Å². The standard InChI is InChI=1S/C18H20N2O3S/c1-11(17-19-15-7-5-6-8-16(15)24-17)20(3)10-13-9-14(12(2)23-13)18(21)22-4/h5-9,11H,10H2,1-4H3/t11-/m1/s1. The number of fused-ring (bicyclic) bond motifs is 1. The minimum atomic E-state index is -0.371. The molecule has 1 atom stereocenters. The number of carbonyl (C=O) groups is 1. The Morgan fingerprint density at radius 2 is 2.17 bits per heavy atom.